The van der Waals surface area contributed by atoms with E-state index < -0.39 is 73.2 Å². The Morgan fingerprint density at radius 2 is 1.59 bits per heavy atom. The highest BCUT2D eigenvalue weighted by atomic mass is 35.6. The maximum absolute atomic E-state index is 15.2. The Morgan fingerprint density at radius 1 is 0.938 bits per heavy atom. The Morgan fingerprint density at radius 3 is 2.20 bits per heavy atom. The Bertz CT molecular complexity index is 2280. The van der Waals surface area contributed by atoms with Crippen LogP contribution in [0.3, 0.4) is 0 Å². The van der Waals surface area contributed by atoms with E-state index in [0.29, 0.717) is 54.0 Å². The number of nitrogens with zero attached hydrogens (tertiary/aromatic N) is 4. The van der Waals surface area contributed by atoms with E-state index in [2.05, 4.69) is 4.84 Å². The fourth-order valence-corrected chi connectivity index (χ4v) is 8.49. The second kappa shape index (κ2) is 19.6. The van der Waals surface area contributed by atoms with Crippen LogP contribution in [-0.2, 0) is 32.1 Å². The van der Waals surface area contributed by atoms with Gasteiger partial charge in [0.2, 0.25) is 9.61 Å². The number of hydrogen-bond acceptors (Lipinski definition) is 9. The van der Waals surface area contributed by atoms with E-state index >= 15 is 9.18 Å². The zero-order chi connectivity index (χ0) is 46.7. The molecule has 0 radical (unpaired) electrons. The minimum absolute atomic E-state index is 0.000737. The molecule has 3 unspecified atom stereocenters. The van der Waals surface area contributed by atoms with Crippen molar-refractivity contribution in [3.63, 3.8) is 0 Å². The molecule has 346 valence electrons. The topological polar surface area (TPSA) is 141 Å². The van der Waals surface area contributed by atoms with Crippen LogP contribution < -0.4 is 4.74 Å². The molecule has 3 atom stereocenters. The summed E-state index contributed by atoms with van der Waals surface area (Å²) in [5.74, 6) is -5.19. The van der Waals surface area contributed by atoms with Crippen molar-refractivity contribution in [2.75, 3.05) is 33.4 Å². The SMILES string of the molecule is CCCOC(=O)N1CC2N(C(=O)OC(C)(C)C(Cl)(Cl)Cl)C3C(C(=O)N(Cc4ccccc4F)C4CC4)=C(c4ccc(CCCOc5c(F)ccc(F)c5F)cc4)CC23C1.CO[N+](=O)[O-]. The normalized spacial score (nSPS) is 20.0. The standard InChI is InChI=1S/C43H44Cl3F4N3O6.CH3NO3/c1-4-19-58-39(55)51-23-33-42(24-51)21-29(26-13-11-25(12-14-26)8-7-20-57-36-32(49)18-17-31(48)35(36)50)34(37(42)53(33)40(56)59-41(2,3)43(44,45)46)38(54)52(28-15-16-28)22-27-9-5-6-10-30(27)47;1-5-2(3)4/h5-6,9-14,17-18,28,33,37H,4,7-8,15-16,19-24H2,1-3H3;1H3. The Balaban J connectivity index is 0.00000129. The molecule has 2 aliphatic heterocycles. The molecule has 7 rings (SSSR count). The van der Waals surface area contributed by atoms with E-state index in [1.54, 1.807) is 28.0 Å². The number of aryl methyl sites for hydroxylation is 1. The number of amides is 3. The predicted molar refractivity (Wildman–Crippen MR) is 228 cm³/mol. The van der Waals surface area contributed by atoms with Gasteiger partial charge in [0.15, 0.2) is 23.0 Å². The number of alkyl halides is 3. The zero-order valence-electron chi connectivity index (χ0n) is 35.4. The highest BCUT2D eigenvalue weighted by molar-refractivity contribution is 6.68. The minimum Gasteiger partial charge on any atom is -0.488 e. The minimum atomic E-state index is -2.01. The first-order valence-corrected chi connectivity index (χ1v) is 21.7. The van der Waals surface area contributed by atoms with Crippen molar-refractivity contribution in [3.05, 3.63) is 116 Å². The first-order chi connectivity index (χ1) is 30.2. The van der Waals surface area contributed by atoms with Crippen LogP contribution in [-0.4, -0.2) is 98.8 Å². The maximum Gasteiger partial charge on any atom is 0.411 e. The lowest BCUT2D eigenvalue weighted by Crippen LogP contribution is -2.72. The summed E-state index contributed by atoms with van der Waals surface area (Å²) in [6, 6.07) is 13.6. The van der Waals surface area contributed by atoms with Crippen molar-refractivity contribution in [2.24, 2.45) is 5.41 Å². The average molecular weight is 958 g/mol. The number of likely N-dealkylation sites (tertiary alicyclic amines) is 2. The highest BCUT2D eigenvalue weighted by Gasteiger charge is 2.73. The monoisotopic (exact) mass is 956 g/mol. The third-order valence-corrected chi connectivity index (χ3v) is 13.2. The largest absolute Gasteiger partial charge is 0.488 e. The molecule has 20 heteroatoms. The number of ether oxygens (including phenoxy) is 3. The van der Waals surface area contributed by atoms with E-state index in [9.17, 15) is 22.8 Å². The van der Waals surface area contributed by atoms with Gasteiger partial charge in [-0.25, -0.2) is 22.8 Å². The number of carbonyl (C=O) groups is 3. The molecule has 2 heterocycles. The van der Waals surface area contributed by atoms with Gasteiger partial charge in [-0.1, -0.05) is 84.2 Å². The molecule has 3 fully saturated rings. The highest BCUT2D eigenvalue weighted by Crippen LogP contribution is 2.63. The summed E-state index contributed by atoms with van der Waals surface area (Å²) in [5, 5.41) is 8.08. The molecule has 64 heavy (non-hydrogen) atoms. The lowest BCUT2D eigenvalue weighted by atomic mass is 9.66. The molecule has 2 saturated heterocycles. The van der Waals surface area contributed by atoms with Crippen molar-refractivity contribution in [2.45, 2.75) is 93.4 Å². The molecule has 1 saturated carbocycles. The molecule has 3 aromatic rings. The van der Waals surface area contributed by atoms with Gasteiger partial charge >= 0.3 is 12.2 Å². The van der Waals surface area contributed by atoms with Crippen LogP contribution in [0.2, 0.25) is 0 Å². The van der Waals surface area contributed by atoms with Gasteiger partial charge in [-0.15, -0.1) is 10.1 Å². The Labute approximate surface area is 382 Å². The fourth-order valence-electron chi connectivity index (χ4n) is 8.38. The Kier molecular flexibility index (Phi) is 14.9. The number of rotatable bonds is 14. The lowest BCUT2D eigenvalue weighted by molar-refractivity contribution is -0.749. The number of halogens is 7. The third kappa shape index (κ3) is 10.1. The quantitative estimate of drug-likeness (QED) is 0.0386. The molecule has 2 aliphatic carbocycles. The average Bonchev–Trinajstić information content (AvgIpc) is 3.99. The van der Waals surface area contributed by atoms with Gasteiger partial charge in [0.25, 0.3) is 11.0 Å². The third-order valence-electron chi connectivity index (χ3n) is 11.8. The molecule has 3 amide bonds. The summed E-state index contributed by atoms with van der Waals surface area (Å²) in [6.07, 6.45) is 1.80. The van der Waals surface area contributed by atoms with Crippen LogP contribution in [0, 0.1) is 38.8 Å². The first kappa shape index (κ1) is 48.5. The van der Waals surface area contributed by atoms with Crippen molar-refractivity contribution in [3.8, 4) is 5.75 Å². The molecule has 0 N–H and O–H groups in total. The van der Waals surface area contributed by atoms with Crippen LogP contribution >= 0.6 is 34.8 Å². The van der Waals surface area contributed by atoms with Gasteiger partial charge in [-0.3, -0.25) is 9.69 Å². The number of hydrogen-bond donors (Lipinski definition) is 0. The van der Waals surface area contributed by atoms with Gasteiger partial charge in [-0.2, -0.15) is 4.39 Å². The van der Waals surface area contributed by atoms with Crippen LogP contribution in [0.5, 0.6) is 5.75 Å². The molecule has 0 bridgehead atoms. The van der Waals surface area contributed by atoms with Gasteiger partial charge in [0.05, 0.1) is 32.4 Å². The second-order valence-electron chi connectivity index (χ2n) is 16.5. The predicted octanol–water partition coefficient (Wildman–Crippen LogP) is 9.61. The van der Waals surface area contributed by atoms with E-state index in [-0.39, 0.29) is 44.8 Å². The van der Waals surface area contributed by atoms with Crippen molar-refractivity contribution in [1.82, 2.24) is 14.7 Å². The lowest BCUT2D eigenvalue weighted by Gasteiger charge is -2.57. The summed E-state index contributed by atoms with van der Waals surface area (Å²) in [6.45, 7) is 5.23. The smallest absolute Gasteiger partial charge is 0.411 e. The second-order valence-corrected chi connectivity index (χ2v) is 18.8. The van der Waals surface area contributed by atoms with Crippen LogP contribution in [0.25, 0.3) is 5.57 Å². The molecular weight excluding hydrogens is 911 g/mol. The van der Waals surface area contributed by atoms with E-state index in [4.69, 9.17) is 59.1 Å². The van der Waals surface area contributed by atoms with Crippen molar-refractivity contribution >= 4 is 58.5 Å². The number of allylic oxidation sites excluding steroid dienone is 1. The zero-order valence-corrected chi connectivity index (χ0v) is 37.7. The van der Waals surface area contributed by atoms with Crippen LogP contribution in [0.4, 0.5) is 27.2 Å². The van der Waals surface area contributed by atoms with E-state index in [0.717, 1.165) is 31.6 Å². The molecule has 1 spiro atoms. The van der Waals surface area contributed by atoms with Crippen molar-refractivity contribution in [1.29, 1.82) is 0 Å². The molecule has 13 nitrogen and oxygen atoms in total. The van der Waals surface area contributed by atoms with Gasteiger partial charge in [0.1, 0.15) is 5.82 Å². The molecule has 4 aliphatic rings. The Hall–Kier alpha value is -5.00. The van der Waals surface area contributed by atoms with Gasteiger partial charge < -0.3 is 28.8 Å². The van der Waals surface area contributed by atoms with E-state index in [1.807, 2.05) is 31.2 Å². The fraction of sp³-hybridized carbons (Fsp3) is 0.477. The number of carbonyl (C=O) groups excluding carboxylic acids is 3. The molecular formula is C44H47Cl3F4N4O9. The van der Waals surface area contributed by atoms with Crippen LogP contribution in [0.15, 0.2) is 66.2 Å². The molecule has 0 aromatic heterocycles. The van der Waals surface area contributed by atoms with Crippen molar-refractivity contribution < 1.29 is 56.1 Å². The summed E-state index contributed by atoms with van der Waals surface area (Å²) in [7, 11) is 1.00. The summed E-state index contributed by atoms with van der Waals surface area (Å²) >= 11 is 18.7. The van der Waals surface area contributed by atoms with Gasteiger partial charge in [0, 0.05) is 42.2 Å². The summed E-state index contributed by atoms with van der Waals surface area (Å²) in [4.78, 5) is 60.0. The summed E-state index contributed by atoms with van der Waals surface area (Å²) < 4.78 is 71.5. The van der Waals surface area contributed by atoms with Gasteiger partial charge in [-0.05, 0) is 87.3 Å². The first-order valence-electron chi connectivity index (χ1n) is 20.6. The number of benzene rings is 3. The summed E-state index contributed by atoms with van der Waals surface area (Å²) in [5.41, 5.74) is 0.492. The van der Waals surface area contributed by atoms with Crippen LogP contribution in [0.1, 0.15) is 69.6 Å². The molecule has 3 aromatic carbocycles. The van der Waals surface area contributed by atoms with E-state index in [1.165, 1.54) is 24.8 Å². The maximum atomic E-state index is 15.2.